The normalized spacial score (nSPS) is 17.6. The van der Waals surface area contributed by atoms with Crippen molar-refractivity contribution in [3.63, 3.8) is 0 Å². The van der Waals surface area contributed by atoms with Crippen molar-refractivity contribution in [1.29, 1.82) is 0 Å². The Bertz CT molecular complexity index is 2270. The minimum Gasteiger partial charge on any atom is -0.478 e. The summed E-state index contributed by atoms with van der Waals surface area (Å²) in [7, 11) is 0. The van der Waals surface area contributed by atoms with Crippen molar-refractivity contribution in [2.24, 2.45) is 11.3 Å². The van der Waals surface area contributed by atoms with Crippen molar-refractivity contribution >= 4 is 34.7 Å². The molecule has 5 aromatic rings. The fraction of sp³-hybridized carbons (Fsp3) is 0.311. The van der Waals surface area contributed by atoms with E-state index in [4.69, 9.17) is 15.2 Å². The highest BCUT2D eigenvalue weighted by atomic mass is 19.4. The van der Waals surface area contributed by atoms with Crippen molar-refractivity contribution in [2.75, 3.05) is 26.2 Å². The van der Waals surface area contributed by atoms with E-state index in [2.05, 4.69) is 4.90 Å². The summed E-state index contributed by atoms with van der Waals surface area (Å²) >= 11 is 0. The number of rotatable bonds is 13. The number of likely N-dealkylation sites (tertiary alicyclic amines) is 2. The van der Waals surface area contributed by atoms with Gasteiger partial charge in [-0.05, 0) is 105 Å². The van der Waals surface area contributed by atoms with Crippen LogP contribution in [0.25, 0.3) is 11.0 Å². The van der Waals surface area contributed by atoms with Crippen molar-refractivity contribution in [3.05, 3.63) is 149 Å². The predicted octanol–water partition coefficient (Wildman–Crippen LogP) is 7.90. The van der Waals surface area contributed by atoms with Crippen molar-refractivity contribution in [3.8, 4) is 0 Å². The fourth-order valence-electron chi connectivity index (χ4n) is 7.85. The van der Waals surface area contributed by atoms with E-state index in [1.54, 1.807) is 12.1 Å². The van der Waals surface area contributed by atoms with E-state index in [1.807, 2.05) is 64.1 Å². The van der Waals surface area contributed by atoms with Gasteiger partial charge in [-0.2, -0.15) is 13.2 Å². The summed E-state index contributed by atoms with van der Waals surface area (Å²) in [5.41, 5.74) is 2.78. The van der Waals surface area contributed by atoms with Gasteiger partial charge in [0.2, 0.25) is 11.7 Å². The molecule has 59 heavy (non-hydrogen) atoms. The zero-order valence-corrected chi connectivity index (χ0v) is 32.2. The van der Waals surface area contributed by atoms with Gasteiger partial charge in [-0.25, -0.2) is 19.0 Å². The van der Waals surface area contributed by atoms with Crippen LogP contribution in [0.4, 0.5) is 17.6 Å². The number of ketones is 1. The van der Waals surface area contributed by atoms with Gasteiger partial charge in [-0.3, -0.25) is 9.59 Å². The van der Waals surface area contributed by atoms with Crippen LogP contribution in [-0.2, 0) is 40.1 Å². The quantitative estimate of drug-likeness (QED) is 0.0697. The van der Waals surface area contributed by atoms with Crippen LogP contribution in [0.1, 0.15) is 58.6 Å². The molecule has 0 saturated carbocycles. The molecule has 4 aromatic carbocycles. The van der Waals surface area contributed by atoms with E-state index in [9.17, 15) is 36.7 Å². The second kappa shape index (κ2) is 18.6. The molecule has 0 radical (unpaired) electrons. The van der Waals surface area contributed by atoms with Crippen molar-refractivity contribution < 1.29 is 47.0 Å². The molecule has 2 aliphatic rings. The summed E-state index contributed by atoms with van der Waals surface area (Å²) in [5, 5.41) is 15.6. The number of hydrogen-bond donors (Lipinski definition) is 2. The second-order valence-electron chi connectivity index (χ2n) is 15.0. The number of benzene rings is 4. The van der Waals surface area contributed by atoms with E-state index in [0.29, 0.717) is 94.9 Å². The number of fused-ring (bicyclic) bond motifs is 1. The molecule has 1 unspecified atom stereocenters. The molecule has 2 aliphatic heterocycles. The van der Waals surface area contributed by atoms with E-state index in [1.165, 1.54) is 24.3 Å². The highest BCUT2D eigenvalue weighted by molar-refractivity contribution is 5.98. The monoisotopic (exact) mass is 812 g/mol. The number of alkyl halides is 3. The summed E-state index contributed by atoms with van der Waals surface area (Å²) in [6.07, 6.45) is -0.436. The van der Waals surface area contributed by atoms with Gasteiger partial charge in [0.05, 0.1) is 22.0 Å². The molecular weight excluding hydrogens is 769 g/mol. The number of carboxylic acids is 2. The number of carbonyl (C=O) groups excluding carboxylic acids is 2. The van der Waals surface area contributed by atoms with E-state index in [-0.39, 0.29) is 23.4 Å². The number of carbonyl (C=O) groups is 4. The number of amides is 1. The molecule has 0 aliphatic carbocycles. The van der Waals surface area contributed by atoms with Crippen LogP contribution in [0.3, 0.4) is 0 Å². The summed E-state index contributed by atoms with van der Waals surface area (Å²) in [6, 6.07) is 28.9. The third-order valence-electron chi connectivity index (χ3n) is 11.0. The number of imidazole rings is 1. The molecule has 2 N–H and O–H groups in total. The van der Waals surface area contributed by atoms with Crippen LogP contribution in [0.5, 0.6) is 0 Å². The van der Waals surface area contributed by atoms with Gasteiger partial charge in [0.1, 0.15) is 5.82 Å². The Kier molecular flexibility index (Phi) is 13.4. The Balaban J connectivity index is 0.000000664. The molecule has 2 fully saturated rings. The summed E-state index contributed by atoms with van der Waals surface area (Å²) in [6.45, 7) is 3.50. The molecule has 1 aromatic heterocycles. The van der Waals surface area contributed by atoms with Gasteiger partial charge >= 0.3 is 18.1 Å². The Morgan fingerprint density at radius 1 is 0.763 bits per heavy atom. The van der Waals surface area contributed by atoms with E-state index in [0.717, 1.165) is 34.3 Å². The van der Waals surface area contributed by atoms with E-state index < -0.39 is 29.1 Å². The first kappa shape index (κ1) is 42.5. The van der Waals surface area contributed by atoms with Gasteiger partial charge in [0.25, 0.3) is 0 Å². The predicted molar refractivity (Wildman–Crippen MR) is 212 cm³/mol. The average molecular weight is 813 g/mol. The second-order valence-corrected chi connectivity index (χ2v) is 15.0. The Morgan fingerprint density at radius 3 is 1.98 bits per heavy atom. The van der Waals surface area contributed by atoms with Crippen molar-refractivity contribution in [2.45, 2.75) is 51.4 Å². The van der Waals surface area contributed by atoms with Gasteiger partial charge in [-0.1, -0.05) is 66.7 Å². The van der Waals surface area contributed by atoms with Crippen LogP contribution in [0, 0.1) is 17.2 Å². The number of hydrogen-bond acceptors (Lipinski definition) is 6. The first-order valence-corrected chi connectivity index (χ1v) is 19.3. The first-order valence-electron chi connectivity index (χ1n) is 19.3. The van der Waals surface area contributed by atoms with Gasteiger partial charge < -0.3 is 24.6 Å². The maximum absolute atomic E-state index is 14.1. The SMILES string of the molecule is O=C(O)C=CC(=O)O.O=C(c1nc2ccccc2n1Cc1ccc(F)cc1)C1CCN(CCC2(Cc3ccc(C(F)(F)F)cc3)CCN(Cc3ccccc3)C2=O)CC1. The average Bonchev–Trinajstić information content (AvgIpc) is 3.74. The van der Waals surface area contributed by atoms with Crippen LogP contribution in [0.15, 0.2) is 115 Å². The third kappa shape index (κ3) is 10.9. The smallest absolute Gasteiger partial charge is 0.416 e. The number of para-hydroxylation sites is 2. The Morgan fingerprint density at radius 2 is 1.36 bits per heavy atom. The van der Waals surface area contributed by atoms with Gasteiger partial charge in [0, 0.05) is 37.7 Å². The lowest BCUT2D eigenvalue weighted by molar-refractivity contribution is -0.138. The fourth-order valence-corrected chi connectivity index (χ4v) is 7.85. The topological polar surface area (TPSA) is 133 Å². The number of aliphatic carboxylic acids is 2. The molecule has 1 atom stereocenters. The van der Waals surface area contributed by atoms with Gasteiger partial charge in [-0.15, -0.1) is 0 Å². The molecule has 14 heteroatoms. The zero-order chi connectivity index (χ0) is 42.2. The molecule has 3 heterocycles. The first-order chi connectivity index (χ1) is 28.2. The Labute approximate surface area is 338 Å². The number of piperidine rings is 1. The van der Waals surface area contributed by atoms with Crippen molar-refractivity contribution in [1.82, 2.24) is 19.4 Å². The van der Waals surface area contributed by atoms with E-state index >= 15 is 0 Å². The van der Waals surface area contributed by atoms with Crippen LogP contribution in [0.2, 0.25) is 0 Å². The molecule has 7 rings (SSSR count). The summed E-state index contributed by atoms with van der Waals surface area (Å²) < 4.78 is 55.4. The minimum atomic E-state index is -4.42. The Hall–Kier alpha value is -6.15. The molecule has 2 saturated heterocycles. The van der Waals surface area contributed by atoms with Crippen LogP contribution < -0.4 is 0 Å². The molecular formula is C45H44F4N4O6. The standard InChI is InChI=1S/C41H40F4N4O2.C4H4O4/c42-34-16-12-31(13-17-34)28-49-36-9-5-4-8-35(36)46-38(49)37(50)32-18-22-47(23-19-32)24-20-40(26-29-10-14-33(15-11-29)41(43,44)45)21-25-48(39(40)51)27-30-6-2-1-3-7-30;5-3(6)1-2-4(7)8/h1-17,32H,18-28H2;1-2H,(H,5,6)(H,7,8). The molecule has 0 bridgehead atoms. The van der Waals surface area contributed by atoms with Gasteiger partial charge in [0.15, 0.2) is 5.82 Å². The zero-order valence-electron chi connectivity index (χ0n) is 32.2. The van der Waals surface area contributed by atoms with Crippen LogP contribution >= 0.6 is 0 Å². The number of aromatic nitrogens is 2. The summed E-state index contributed by atoms with van der Waals surface area (Å²) in [4.78, 5) is 56.2. The maximum atomic E-state index is 14.1. The maximum Gasteiger partial charge on any atom is 0.416 e. The highest BCUT2D eigenvalue weighted by Crippen LogP contribution is 2.41. The third-order valence-corrected chi connectivity index (χ3v) is 11.0. The summed E-state index contributed by atoms with van der Waals surface area (Å²) in [5.74, 6) is -2.60. The lowest BCUT2D eigenvalue weighted by Crippen LogP contribution is -2.42. The number of Topliss-reactive ketones (excluding diaryl/α,β-unsaturated/α-hetero) is 1. The van der Waals surface area contributed by atoms with Crippen LogP contribution in [-0.4, -0.2) is 79.4 Å². The highest BCUT2D eigenvalue weighted by Gasteiger charge is 2.46. The number of nitrogens with zero attached hydrogens (tertiary/aromatic N) is 4. The molecule has 0 spiro atoms. The largest absolute Gasteiger partial charge is 0.478 e. The lowest BCUT2D eigenvalue weighted by atomic mass is 9.76. The minimum absolute atomic E-state index is 0.00531. The molecule has 10 nitrogen and oxygen atoms in total. The lowest BCUT2D eigenvalue weighted by Gasteiger charge is -2.35. The molecule has 308 valence electrons. The number of carboxylic acid groups (broad SMARTS) is 2. The number of halogens is 4. The molecule has 1 amide bonds.